The van der Waals surface area contributed by atoms with Crippen molar-refractivity contribution in [2.75, 3.05) is 6.61 Å². The van der Waals surface area contributed by atoms with Crippen LogP contribution in [-0.4, -0.2) is 33.6 Å². The number of carbonyl (C=O) groups is 1. The highest BCUT2D eigenvalue weighted by Gasteiger charge is 2.32. The normalized spacial score (nSPS) is 20.6. The molecule has 1 saturated carbocycles. The summed E-state index contributed by atoms with van der Waals surface area (Å²) in [6.45, 7) is 2.37. The molecule has 0 aliphatic heterocycles. The van der Waals surface area contributed by atoms with Crippen molar-refractivity contribution in [3.8, 4) is 11.6 Å². The number of hydrogen-bond donors (Lipinski definition) is 1. The maximum Gasteiger partial charge on any atom is 0.306 e. The van der Waals surface area contributed by atoms with Gasteiger partial charge in [0.15, 0.2) is 0 Å². The van der Waals surface area contributed by atoms with E-state index in [1.807, 2.05) is 37.4 Å². The zero-order valence-electron chi connectivity index (χ0n) is 14.6. The first-order chi connectivity index (χ1) is 12.0. The number of benzene rings is 1. The predicted molar refractivity (Wildman–Crippen MR) is 92.8 cm³/mol. The smallest absolute Gasteiger partial charge is 0.306 e. The third kappa shape index (κ3) is 4.53. The number of hydrogen-bond acceptors (Lipinski definition) is 4. The van der Waals surface area contributed by atoms with Crippen molar-refractivity contribution < 1.29 is 19.4 Å². The fourth-order valence-corrected chi connectivity index (χ4v) is 2.97. The minimum Gasteiger partial charge on any atom is -0.493 e. The molecule has 6 nitrogen and oxygen atoms in total. The zero-order chi connectivity index (χ0) is 17.8. The summed E-state index contributed by atoms with van der Waals surface area (Å²) < 4.78 is 13.5. The van der Waals surface area contributed by atoms with Crippen LogP contribution in [0.1, 0.15) is 25.3 Å². The first kappa shape index (κ1) is 17.3. The maximum absolute atomic E-state index is 11.0. The van der Waals surface area contributed by atoms with Crippen LogP contribution in [0.3, 0.4) is 0 Å². The molecule has 1 fully saturated rings. The standard InChI is InChI=1S/C19H24N2O4/c1-13(19(22)23)8-14-4-3-5-16(9-14)24-12-15-10-17(11-15)25-18-6-7-20-21(18)2/h3-7,9,13,15,17H,8,10-12H2,1-2H3,(H,22,23). The van der Waals surface area contributed by atoms with Crippen LogP contribution in [0.4, 0.5) is 0 Å². The lowest BCUT2D eigenvalue weighted by Gasteiger charge is -2.34. The number of aliphatic carboxylic acids is 1. The molecular weight excluding hydrogens is 320 g/mol. The molecule has 1 N–H and O–H groups in total. The molecular formula is C19H24N2O4. The fraction of sp³-hybridized carbons (Fsp3) is 0.474. The summed E-state index contributed by atoms with van der Waals surface area (Å²) in [5.74, 6) is 0.905. The third-order valence-corrected chi connectivity index (χ3v) is 4.60. The van der Waals surface area contributed by atoms with Crippen LogP contribution in [0, 0.1) is 11.8 Å². The molecule has 3 rings (SSSR count). The molecule has 25 heavy (non-hydrogen) atoms. The lowest BCUT2D eigenvalue weighted by molar-refractivity contribution is -0.141. The van der Waals surface area contributed by atoms with Gasteiger partial charge in [0, 0.05) is 13.1 Å². The van der Waals surface area contributed by atoms with Crippen LogP contribution in [-0.2, 0) is 18.3 Å². The second-order valence-electron chi connectivity index (χ2n) is 6.77. The highest BCUT2D eigenvalue weighted by molar-refractivity contribution is 5.69. The van der Waals surface area contributed by atoms with Crippen molar-refractivity contribution in [2.45, 2.75) is 32.3 Å². The lowest BCUT2D eigenvalue weighted by atomic mass is 9.83. The third-order valence-electron chi connectivity index (χ3n) is 4.60. The van der Waals surface area contributed by atoms with Gasteiger partial charge in [-0.1, -0.05) is 19.1 Å². The fourth-order valence-electron chi connectivity index (χ4n) is 2.97. The number of ether oxygens (including phenoxy) is 2. The van der Waals surface area contributed by atoms with Crippen LogP contribution in [0.2, 0.25) is 0 Å². The average molecular weight is 344 g/mol. The minimum atomic E-state index is -0.778. The Bertz CT molecular complexity index is 722. The number of nitrogens with zero attached hydrogens (tertiary/aromatic N) is 2. The van der Waals surface area contributed by atoms with Crippen molar-refractivity contribution in [2.24, 2.45) is 18.9 Å². The van der Waals surface area contributed by atoms with Crippen molar-refractivity contribution >= 4 is 5.97 Å². The van der Waals surface area contributed by atoms with Gasteiger partial charge in [-0.05, 0) is 42.9 Å². The highest BCUT2D eigenvalue weighted by Crippen LogP contribution is 2.32. The Kier molecular flexibility index (Phi) is 5.26. The summed E-state index contributed by atoms with van der Waals surface area (Å²) in [7, 11) is 1.87. The van der Waals surface area contributed by atoms with E-state index in [1.54, 1.807) is 17.8 Å². The number of carboxylic acid groups (broad SMARTS) is 1. The van der Waals surface area contributed by atoms with E-state index in [0.29, 0.717) is 18.9 Å². The molecule has 1 unspecified atom stereocenters. The van der Waals surface area contributed by atoms with Gasteiger partial charge in [0.05, 0.1) is 18.7 Å². The van der Waals surface area contributed by atoms with Crippen LogP contribution in [0.15, 0.2) is 36.5 Å². The monoisotopic (exact) mass is 344 g/mol. The molecule has 1 atom stereocenters. The van der Waals surface area contributed by atoms with Crippen LogP contribution in [0.25, 0.3) is 0 Å². The van der Waals surface area contributed by atoms with E-state index in [-0.39, 0.29) is 6.10 Å². The molecule has 2 aromatic rings. The molecule has 1 aromatic heterocycles. The molecule has 0 bridgehead atoms. The van der Waals surface area contributed by atoms with Crippen LogP contribution >= 0.6 is 0 Å². The van der Waals surface area contributed by atoms with E-state index in [1.165, 1.54) is 0 Å². The van der Waals surface area contributed by atoms with Gasteiger partial charge in [-0.3, -0.25) is 4.79 Å². The van der Waals surface area contributed by atoms with Gasteiger partial charge in [-0.25, -0.2) is 4.68 Å². The van der Waals surface area contributed by atoms with E-state index >= 15 is 0 Å². The Labute approximate surface area is 147 Å². The topological polar surface area (TPSA) is 73.6 Å². The molecule has 1 heterocycles. The summed E-state index contributed by atoms with van der Waals surface area (Å²) in [5.41, 5.74) is 0.985. The minimum absolute atomic E-state index is 0.228. The van der Waals surface area contributed by atoms with Crippen molar-refractivity contribution in [1.82, 2.24) is 9.78 Å². The molecule has 0 spiro atoms. The van der Waals surface area contributed by atoms with Crippen LogP contribution in [0.5, 0.6) is 11.6 Å². The van der Waals surface area contributed by atoms with E-state index in [0.717, 1.165) is 30.0 Å². The van der Waals surface area contributed by atoms with E-state index < -0.39 is 11.9 Å². The largest absolute Gasteiger partial charge is 0.493 e. The Hall–Kier alpha value is -2.50. The summed E-state index contributed by atoms with van der Waals surface area (Å²) >= 11 is 0. The highest BCUT2D eigenvalue weighted by atomic mass is 16.5. The van der Waals surface area contributed by atoms with E-state index in [9.17, 15) is 4.79 Å². The van der Waals surface area contributed by atoms with Gasteiger partial charge in [-0.2, -0.15) is 5.10 Å². The Morgan fingerprint density at radius 1 is 1.40 bits per heavy atom. The first-order valence-electron chi connectivity index (χ1n) is 8.60. The lowest BCUT2D eigenvalue weighted by Crippen LogP contribution is -2.37. The van der Waals surface area contributed by atoms with E-state index in [4.69, 9.17) is 14.6 Å². The summed E-state index contributed by atoms with van der Waals surface area (Å²) in [5, 5.41) is 13.1. The first-order valence-corrected chi connectivity index (χ1v) is 8.60. The van der Waals surface area contributed by atoms with Gasteiger partial charge >= 0.3 is 5.97 Å². The number of rotatable bonds is 8. The van der Waals surface area contributed by atoms with Gasteiger partial charge in [0.2, 0.25) is 5.88 Å². The molecule has 0 saturated heterocycles. The van der Waals surface area contributed by atoms with Gasteiger partial charge in [0.25, 0.3) is 0 Å². The SMILES string of the molecule is CC(Cc1cccc(OCC2CC(Oc3ccnn3C)C2)c1)C(=O)O. The van der Waals surface area contributed by atoms with Gasteiger partial charge in [0.1, 0.15) is 11.9 Å². The van der Waals surface area contributed by atoms with E-state index in [2.05, 4.69) is 5.10 Å². The Morgan fingerprint density at radius 2 is 2.20 bits per heavy atom. The summed E-state index contributed by atoms with van der Waals surface area (Å²) in [4.78, 5) is 11.0. The summed E-state index contributed by atoms with van der Waals surface area (Å²) in [6, 6.07) is 9.56. The number of carboxylic acids is 1. The maximum atomic E-state index is 11.0. The van der Waals surface area contributed by atoms with Crippen LogP contribution < -0.4 is 9.47 Å². The summed E-state index contributed by atoms with van der Waals surface area (Å²) in [6.07, 6.45) is 4.41. The Balaban J connectivity index is 1.42. The Morgan fingerprint density at radius 3 is 2.88 bits per heavy atom. The number of aromatic nitrogens is 2. The van der Waals surface area contributed by atoms with Crippen molar-refractivity contribution in [3.05, 3.63) is 42.1 Å². The molecule has 0 amide bonds. The quantitative estimate of drug-likeness (QED) is 0.797. The number of aryl methyl sites for hydroxylation is 1. The predicted octanol–water partition coefficient (Wildman–Crippen LogP) is 2.92. The molecule has 0 radical (unpaired) electrons. The molecule has 134 valence electrons. The molecule has 6 heteroatoms. The molecule has 1 aliphatic rings. The average Bonchev–Trinajstić information content (AvgIpc) is 2.94. The zero-order valence-corrected chi connectivity index (χ0v) is 14.6. The molecule has 1 aromatic carbocycles. The van der Waals surface area contributed by atoms with Crippen molar-refractivity contribution in [3.63, 3.8) is 0 Å². The molecule has 1 aliphatic carbocycles. The van der Waals surface area contributed by atoms with Crippen molar-refractivity contribution in [1.29, 1.82) is 0 Å². The van der Waals surface area contributed by atoms with Gasteiger partial charge in [-0.15, -0.1) is 0 Å². The second kappa shape index (κ2) is 7.59. The second-order valence-corrected chi connectivity index (χ2v) is 6.77. The van der Waals surface area contributed by atoms with Gasteiger partial charge < -0.3 is 14.6 Å².